The number of nitrogens with zero attached hydrogens (tertiary/aromatic N) is 4. The quantitative estimate of drug-likeness (QED) is 0.923. The van der Waals surface area contributed by atoms with Crippen LogP contribution in [-0.2, 0) is 0 Å². The molecule has 0 saturated carbocycles. The molecule has 1 fully saturated rings. The molecule has 3 heterocycles. The number of aryl methyl sites for hydroxylation is 1. The maximum Gasteiger partial charge on any atom is 0.341 e. The number of hydrogen-bond acceptors (Lipinski definition) is 5. The lowest BCUT2D eigenvalue weighted by molar-refractivity contribution is 0.0693. The highest BCUT2D eigenvalue weighted by Crippen LogP contribution is 2.24. The number of carboxylic acid groups (broad SMARTS) is 1. The normalized spacial score (nSPS) is 15.6. The molecule has 0 amide bonds. The third kappa shape index (κ3) is 2.94. The van der Waals surface area contributed by atoms with Crippen LogP contribution in [-0.4, -0.2) is 38.7 Å². The van der Waals surface area contributed by atoms with Gasteiger partial charge in [0.05, 0.1) is 6.20 Å². The molecule has 7 heteroatoms. The van der Waals surface area contributed by atoms with Crippen molar-refractivity contribution in [3.05, 3.63) is 52.3 Å². The molecule has 0 spiro atoms. The highest BCUT2D eigenvalue weighted by molar-refractivity contribution is 5.88. The summed E-state index contributed by atoms with van der Waals surface area (Å²) in [6, 6.07) is 1.70. The Morgan fingerprint density at radius 2 is 2.04 bits per heavy atom. The lowest BCUT2D eigenvalue weighted by atomic mass is 10.0. The summed E-state index contributed by atoms with van der Waals surface area (Å²) in [5, 5.41) is 9.22. The molecule has 0 aliphatic carbocycles. The van der Waals surface area contributed by atoms with E-state index in [0.29, 0.717) is 5.56 Å². The van der Waals surface area contributed by atoms with Crippen molar-refractivity contribution in [2.75, 3.05) is 18.0 Å². The summed E-state index contributed by atoms with van der Waals surface area (Å²) in [4.78, 5) is 34.2. The van der Waals surface area contributed by atoms with Crippen LogP contribution >= 0.6 is 0 Å². The minimum Gasteiger partial charge on any atom is -0.477 e. The van der Waals surface area contributed by atoms with E-state index in [4.69, 9.17) is 0 Å². The number of aromatic nitrogens is 3. The Labute approximate surface area is 133 Å². The predicted octanol–water partition coefficient (Wildman–Crippen LogP) is 1.49. The SMILES string of the molecule is Cc1ccn(C2CCN(c3cnccn3)CC2)c(=O)c1C(=O)O. The molecule has 0 radical (unpaired) electrons. The fourth-order valence-corrected chi connectivity index (χ4v) is 3.02. The fourth-order valence-electron chi connectivity index (χ4n) is 3.02. The molecule has 1 aliphatic rings. The van der Waals surface area contributed by atoms with Crippen LogP contribution in [0, 0.1) is 6.92 Å². The van der Waals surface area contributed by atoms with Gasteiger partial charge in [-0.2, -0.15) is 0 Å². The number of carbonyl (C=O) groups is 1. The number of aromatic carboxylic acids is 1. The van der Waals surface area contributed by atoms with Gasteiger partial charge in [-0.3, -0.25) is 9.78 Å². The van der Waals surface area contributed by atoms with Crippen LogP contribution in [0.3, 0.4) is 0 Å². The van der Waals surface area contributed by atoms with E-state index in [-0.39, 0.29) is 11.6 Å². The third-order valence-corrected chi connectivity index (χ3v) is 4.27. The number of pyridine rings is 1. The Morgan fingerprint density at radius 1 is 1.30 bits per heavy atom. The van der Waals surface area contributed by atoms with Gasteiger partial charge in [0.1, 0.15) is 11.4 Å². The lowest BCUT2D eigenvalue weighted by Gasteiger charge is -2.33. The highest BCUT2D eigenvalue weighted by Gasteiger charge is 2.24. The average Bonchev–Trinajstić information content (AvgIpc) is 2.56. The van der Waals surface area contributed by atoms with E-state index in [9.17, 15) is 14.7 Å². The van der Waals surface area contributed by atoms with E-state index in [1.165, 1.54) is 0 Å². The first kappa shape index (κ1) is 15.2. The largest absolute Gasteiger partial charge is 0.477 e. The molecule has 0 atom stereocenters. The van der Waals surface area contributed by atoms with Gasteiger partial charge in [0.25, 0.3) is 5.56 Å². The zero-order chi connectivity index (χ0) is 16.4. The topological polar surface area (TPSA) is 88.3 Å². The number of rotatable bonds is 3. The van der Waals surface area contributed by atoms with Crippen LogP contribution in [0.2, 0.25) is 0 Å². The number of piperidine rings is 1. The molecule has 23 heavy (non-hydrogen) atoms. The van der Waals surface area contributed by atoms with Crippen molar-refractivity contribution in [3.63, 3.8) is 0 Å². The maximum absolute atomic E-state index is 12.4. The smallest absolute Gasteiger partial charge is 0.341 e. The van der Waals surface area contributed by atoms with Crippen molar-refractivity contribution in [1.29, 1.82) is 0 Å². The van der Waals surface area contributed by atoms with Gasteiger partial charge in [-0.25, -0.2) is 9.78 Å². The Kier molecular flexibility index (Phi) is 4.10. The third-order valence-electron chi connectivity index (χ3n) is 4.27. The number of carboxylic acids is 1. The highest BCUT2D eigenvalue weighted by atomic mass is 16.4. The van der Waals surface area contributed by atoms with Gasteiger partial charge in [-0.15, -0.1) is 0 Å². The summed E-state index contributed by atoms with van der Waals surface area (Å²) in [5.41, 5.74) is -0.0601. The van der Waals surface area contributed by atoms with E-state index in [1.807, 2.05) is 0 Å². The molecule has 7 nitrogen and oxygen atoms in total. The van der Waals surface area contributed by atoms with Gasteiger partial charge in [-0.1, -0.05) is 0 Å². The predicted molar refractivity (Wildman–Crippen MR) is 84.9 cm³/mol. The average molecular weight is 314 g/mol. The zero-order valence-electron chi connectivity index (χ0n) is 12.8. The fraction of sp³-hybridized carbons (Fsp3) is 0.375. The minimum atomic E-state index is -1.17. The Morgan fingerprint density at radius 3 is 2.65 bits per heavy atom. The van der Waals surface area contributed by atoms with Gasteiger partial charge in [0.15, 0.2) is 0 Å². The van der Waals surface area contributed by atoms with Gasteiger partial charge >= 0.3 is 5.97 Å². The van der Waals surface area contributed by atoms with Crippen LogP contribution in [0.1, 0.15) is 34.8 Å². The molecular formula is C16H18N4O3. The summed E-state index contributed by atoms with van der Waals surface area (Å²) in [7, 11) is 0. The van der Waals surface area contributed by atoms with E-state index in [2.05, 4.69) is 14.9 Å². The minimum absolute atomic E-state index is 0.00845. The summed E-state index contributed by atoms with van der Waals surface area (Å²) < 4.78 is 1.56. The molecule has 3 rings (SSSR count). The van der Waals surface area contributed by atoms with Crippen molar-refractivity contribution >= 4 is 11.8 Å². The van der Waals surface area contributed by atoms with Gasteiger partial charge in [0.2, 0.25) is 0 Å². The van der Waals surface area contributed by atoms with E-state index >= 15 is 0 Å². The van der Waals surface area contributed by atoms with Crippen LogP contribution in [0.15, 0.2) is 35.6 Å². The van der Waals surface area contributed by atoms with Crippen molar-refractivity contribution in [2.45, 2.75) is 25.8 Å². The van der Waals surface area contributed by atoms with Crippen molar-refractivity contribution < 1.29 is 9.90 Å². The summed E-state index contributed by atoms with van der Waals surface area (Å²) in [6.07, 6.45) is 8.24. The first-order valence-corrected chi connectivity index (χ1v) is 7.54. The summed E-state index contributed by atoms with van der Waals surface area (Å²) in [5.74, 6) is -0.340. The Bertz CT molecular complexity index is 765. The Hall–Kier alpha value is -2.70. The molecule has 2 aromatic heterocycles. The zero-order valence-corrected chi connectivity index (χ0v) is 12.8. The number of hydrogen-bond donors (Lipinski definition) is 1. The van der Waals surface area contributed by atoms with E-state index in [1.54, 1.807) is 42.3 Å². The first-order chi connectivity index (χ1) is 11.1. The van der Waals surface area contributed by atoms with Gasteiger partial charge in [0, 0.05) is 37.7 Å². The molecule has 120 valence electrons. The molecule has 2 aromatic rings. The molecule has 0 unspecified atom stereocenters. The maximum atomic E-state index is 12.4. The van der Waals surface area contributed by atoms with Crippen LogP contribution < -0.4 is 10.5 Å². The number of anilines is 1. The second-order valence-electron chi connectivity index (χ2n) is 5.67. The van der Waals surface area contributed by atoms with Crippen molar-refractivity contribution in [1.82, 2.24) is 14.5 Å². The summed E-state index contributed by atoms with van der Waals surface area (Å²) >= 11 is 0. The monoisotopic (exact) mass is 314 g/mol. The van der Waals surface area contributed by atoms with Crippen molar-refractivity contribution in [3.8, 4) is 0 Å². The molecule has 0 bridgehead atoms. The second-order valence-corrected chi connectivity index (χ2v) is 5.67. The van der Waals surface area contributed by atoms with E-state index in [0.717, 1.165) is 31.7 Å². The van der Waals surface area contributed by atoms with Crippen LogP contribution in [0.25, 0.3) is 0 Å². The van der Waals surface area contributed by atoms with Gasteiger partial charge in [-0.05, 0) is 31.4 Å². The lowest BCUT2D eigenvalue weighted by Crippen LogP contribution is -2.39. The van der Waals surface area contributed by atoms with Crippen LogP contribution in [0.5, 0.6) is 0 Å². The van der Waals surface area contributed by atoms with Crippen molar-refractivity contribution in [2.24, 2.45) is 0 Å². The Balaban J connectivity index is 1.80. The standard InChI is InChI=1S/C16H18N4O3/c1-11-2-9-20(15(21)14(11)16(22)23)12-3-7-19(8-4-12)13-10-17-5-6-18-13/h2,5-6,9-10,12H,3-4,7-8H2,1H3,(H,22,23). The van der Waals surface area contributed by atoms with E-state index < -0.39 is 11.5 Å². The molecule has 1 saturated heterocycles. The molecule has 1 N–H and O–H groups in total. The molecule has 0 aromatic carbocycles. The summed E-state index contributed by atoms with van der Waals surface area (Å²) in [6.45, 7) is 3.16. The van der Waals surface area contributed by atoms with Crippen LogP contribution in [0.4, 0.5) is 5.82 Å². The molecule has 1 aliphatic heterocycles. The first-order valence-electron chi connectivity index (χ1n) is 7.54. The van der Waals surface area contributed by atoms with Gasteiger partial charge < -0.3 is 14.6 Å². The molecular weight excluding hydrogens is 296 g/mol. The second kappa shape index (κ2) is 6.20.